The molecule has 10 heteroatoms. The summed E-state index contributed by atoms with van der Waals surface area (Å²) in [5.41, 5.74) is -0.155. The monoisotopic (exact) mass is 459 g/mol. The predicted molar refractivity (Wildman–Crippen MR) is 119 cm³/mol. The van der Waals surface area contributed by atoms with Crippen LogP contribution in [-0.2, 0) is 25.0 Å². The number of anilines is 1. The van der Waals surface area contributed by atoms with Crippen LogP contribution in [-0.4, -0.2) is 56.3 Å². The molecule has 0 aliphatic carbocycles. The Kier molecular flexibility index (Phi) is 6.83. The molecule has 2 aromatic carbocycles. The first-order chi connectivity index (χ1) is 15.1. The Morgan fingerprint density at radius 2 is 1.84 bits per heavy atom. The second-order valence-electron chi connectivity index (χ2n) is 7.50. The molecule has 0 aromatic heterocycles. The molecule has 0 radical (unpaired) electrons. The molecule has 1 unspecified atom stereocenters. The molecule has 170 valence electrons. The van der Waals surface area contributed by atoms with Gasteiger partial charge in [0.15, 0.2) is 9.84 Å². The average molecular weight is 460 g/mol. The van der Waals surface area contributed by atoms with Crippen LogP contribution < -0.4 is 15.4 Å². The van der Waals surface area contributed by atoms with Crippen molar-refractivity contribution in [3.8, 4) is 5.75 Å². The molecule has 0 saturated carbocycles. The van der Waals surface area contributed by atoms with Gasteiger partial charge in [-0.25, -0.2) is 13.2 Å². The smallest absolute Gasteiger partial charge is 0.325 e. The number of urea groups is 1. The number of amides is 4. The van der Waals surface area contributed by atoms with E-state index in [0.717, 1.165) is 11.2 Å². The van der Waals surface area contributed by atoms with Gasteiger partial charge >= 0.3 is 6.03 Å². The summed E-state index contributed by atoms with van der Waals surface area (Å²) in [5, 5.41) is 5.37. The summed E-state index contributed by atoms with van der Waals surface area (Å²) in [6.45, 7) is 1.33. The first kappa shape index (κ1) is 23.3. The van der Waals surface area contributed by atoms with Crippen LogP contribution in [0.4, 0.5) is 10.5 Å². The minimum absolute atomic E-state index is 0.0166. The van der Waals surface area contributed by atoms with Gasteiger partial charge in [-0.15, -0.1) is 0 Å². The van der Waals surface area contributed by atoms with E-state index in [1.807, 2.05) is 6.07 Å². The van der Waals surface area contributed by atoms with Crippen molar-refractivity contribution in [2.75, 3.05) is 30.5 Å². The molecule has 0 spiro atoms. The lowest BCUT2D eigenvalue weighted by Crippen LogP contribution is -2.44. The second-order valence-corrected chi connectivity index (χ2v) is 9.76. The number of nitrogens with one attached hydrogen (secondary N) is 2. The summed E-state index contributed by atoms with van der Waals surface area (Å²) in [4.78, 5) is 39.1. The van der Waals surface area contributed by atoms with E-state index >= 15 is 0 Å². The molecular weight excluding hydrogens is 434 g/mol. The van der Waals surface area contributed by atoms with E-state index < -0.39 is 39.8 Å². The van der Waals surface area contributed by atoms with Gasteiger partial charge in [-0.3, -0.25) is 14.5 Å². The Morgan fingerprint density at radius 3 is 2.50 bits per heavy atom. The molecule has 3 rings (SSSR count). The van der Waals surface area contributed by atoms with Gasteiger partial charge in [0.25, 0.3) is 5.91 Å². The Morgan fingerprint density at radius 1 is 1.12 bits per heavy atom. The summed E-state index contributed by atoms with van der Waals surface area (Å²) in [6, 6.07) is 14.7. The predicted octanol–water partition coefficient (Wildman–Crippen LogP) is 1.91. The fourth-order valence-electron chi connectivity index (χ4n) is 3.45. The van der Waals surface area contributed by atoms with Crippen LogP contribution in [0.3, 0.4) is 0 Å². The van der Waals surface area contributed by atoms with Crippen molar-refractivity contribution in [3.63, 3.8) is 0 Å². The summed E-state index contributed by atoms with van der Waals surface area (Å²) in [6.07, 6.45) is 1.46. The number of hydrogen-bond acceptors (Lipinski definition) is 6. The Labute approximate surface area is 186 Å². The highest BCUT2D eigenvalue weighted by Crippen LogP contribution is 2.32. The van der Waals surface area contributed by atoms with Crippen LogP contribution in [0.25, 0.3) is 0 Å². The van der Waals surface area contributed by atoms with E-state index in [2.05, 4.69) is 10.6 Å². The number of rotatable bonds is 9. The first-order valence-electron chi connectivity index (χ1n) is 10.0. The van der Waals surface area contributed by atoms with Gasteiger partial charge in [0, 0.05) is 18.0 Å². The van der Waals surface area contributed by atoms with Crippen LogP contribution in [0.15, 0.2) is 54.6 Å². The number of carbonyl (C=O) groups excluding carboxylic acids is 3. The third-order valence-electron chi connectivity index (χ3n) is 5.12. The molecule has 1 fully saturated rings. The quantitative estimate of drug-likeness (QED) is 0.553. The Hall–Kier alpha value is -3.40. The Balaban J connectivity index is 1.66. The van der Waals surface area contributed by atoms with Crippen molar-refractivity contribution in [2.24, 2.45) is 0 Å². The van der Waals surface area contributed by atoms with E-state index in [4.69, 9.17) is 4.74 Å². The van der Waals surface area contributed by atoms with E-state index in [1.54, 1.807) is 49.4 Å². The fraction of sp³-hybridized carbons (Fsp3) is 0.318. The first-order valence-corrected chi connectivity index (χ1v) is 12.1. The van der Waals surface area contributed by atoms with Gasteiger partial charge in [0.1, 0.15) is 24.4 Å². The van der Waals surface area contributed by atoms with E-state index in [9.17, 15) is 22.8 Å². The lowest BCUT2D eigenvalue weighted by atomic mass is 9.87. The number of carbonyl (C=O) groups is 3. The zero-order chi connectivity index (χ0) is 23.4. The maximum atomic E-state index is 13.1. The molecule has 0 bridgehead atoms. The van der Waals surface area contributed by atoms with Crippen LogP contribution in [0.5, 0.6) is 5.75 Å². The summed E-state index contributed by atoms with van der Waals surface area (Å²) in [5.74, 6) is -0.780. The standard InChI is InChI=1S/C22H25N3O6S/c1-3-22(16-8-5-4-6-9-16)20(27)25(21(28)24-22)15-19(26)23-17-10-7-11-18(14-17)31-12-13-32(2,29)30/h4-11,14H,3,12-13,15H2,1-2H3,(H,23,26)(H,24,28). The summed E-state index contributed by atoms with van der Waals surface area (Å²) >= 11 is 0. The molecule has 9 nitrogen and oxygen atoms in total. The normalized spacial score (nSPS) is 18.4. The SMILES string of the molecule is CCC1(c2ccccc2)NC(=O)N(CC(=O)Nc2cccc(OCCS(C)(=O)=O)c2)C1=O. The Bertz CT molecular complexity index is 1120. The molecule has 1 atom stereocenters. The highest BCUT2D eigenvalue weighted by Gasteiger charge is 2.51. The zero-order valence-corrected chi connectivity index (χ0v) is 18.6. The maximum absolute atomic E-state index is 13.1. The molecule has 2 N–H and O–H groups in total. The van der Waals surface area contributed by atoms with Crippen molar-refractivity contribution >= 4 is 33.4 Å². The molecule has 1 aliphatic heterocycles. The minimum atomic E-state index is -3.15. The zero-order valence-electron chi connectivity index (χ0n) is 17.8. The largest absolute Gasteiger partial charge is 0.492 e. The highest BCUT2D eigenvalue weighted by molar-refractivity contribution is 7.90. The molecular formula is C22H25N3O6S. The van der Waals surface area contributed by atoms with Gasteiger partial charge in [-0.1, -0.05) is 43.3 Å². The van der Waals surface area contributed by atoms with Crippen molar-refractivity contribution in [1.82, 2.24) is 10.2 Å². The van der Waals surface area contributed by atoms with E-state index in [-0.39, 0.29) is 12.4 Å². The molecule has 1 aliphatic rings. The molecule has 2 aromatic rings. The van der Waals surface area contributed by atoms with Gasteiger partial charge in [-0.2, -0.15) is 0 Å². The van der Waals surface area contributed by atoms with Crippen molar-refractivity contribution in [2.45, 2.75) is 18.9 Å². The second kappa shape index (κ2) is 9.39. The molecule has 1 saturated heterocycles. The van der Waals surface area contributed by atoms with Crippen molar-refractivity contribution in [3.05, 3.63) is 60.2 Å². The number of imide groups is 1. The minimum Gasteiger partial charge on any atom is -0.492 e. The van der Waals surface area contributed by atoms with Crippen molar-refractivity contribution < 1.29 is 27.5 Å². The fourth-order valence-corrected chi connectivity index (χ4v) is 3.84. The lowest BCUT2D eigenvalue weighted by molar-refractivity contribution is -0.134. The number of benzene rings is 2. The number of sulfone groups is 1. The number of nitrogens with zero attached hydrogens (tertiary/aromatic N) is 1. The lowest BCUT2D eigenvalue weighted by Gasteiger charge is -2.25. The number of hydrogen-bond donors (Lipinski definition) is 2. The molecule has 4 amide bonds. The van der Waals surface area contributed by atoms with Crippen LogP contribution in [0.2, 0.25) is 0 Å². The van der Waals surface area contributed by atoms with Crippen LogP contribution >= 0.6 is 0 Å². The third kappa shape index (κ3) is 5.25. The van der Waals surface area contributed by atoms with Crippen LogP contribution in [0.1, 0.15) is 18.9 Å². The van der Waals surface area contributed by atoms with E-state index in [0.29, 0.717) is 23.4 Å². The van der Waals surface area contributed by atoms with Gasteiger partial charge in [0.2, 0.25) is 5.91 Å². The highest BCUT2D eigenvalue weighted by atomic mass is 32.2. The average Bonchev–Trinajstić information content (AvgIpc) is 2.99. The van der Waals surface area contributed by atoms with Crippen LogP contribution in [0, 0.1) is 0 Å². The van der Waals surface area contributed by atoms with E-state index in [1.165, 1.54) is 6.07 Å². The topological polar surface area (TPSA) is 122 Å². The molecule has 32 heavy (non-hydrogen) atoms. The summed E-state index contributed by atoms with van der Waals surface area (Å²) < 4.78 is 27.8. The van der Waals surface area contributed by atoms with Crippen molar-refractivity contribution in [1.29, 1.82) is 0 Å². The maximum Gasteiger partial charge on any atom is 0.325 e. The van der Waals surface area contributed by atoms with Gasteiger partial charge in [0.05, 0.1) is 5.75 Å². The number of ether oxygens (including phenoxy) is 1. The summed E-state index contributed by atoms with van der Waals surface area (Å²) in [7, 11) is -3.15. The third-order valence-corrected chi connectivity index (χ3v) is 6.02. The van der Waals surface area contributed by atoms with Gasteiger partial charge < -0.3 is 15.4 Å². The molecule has 1 heterocycles. The van der Waals surface area contributed by atoms with Gasteiger partial charge in [-0.05, 0) is 24.1 Å².